The molecule has 0 heterocycles. The molecule has 0 aliphatic carbocycles. The number of hydrogen-bond donors (Lipinski definition) is 1. The second kappa shape index (κ2) is 10.6. The first-order chi connectivity index (χ1) is 7.34. The minimum absolute atomic E-state index is 0.0923. The number of carbonyl (C=O) groups excluding carboxylic acids is 2. The highest BCUT2D eigenvalue weighted by Crippen LogP contribution is 2.02. The Morgan fingerprint density at radius 2 is 1.69 bits per heavy atom. The van der Waals surface area contributed by atoms with Crippen molar-refractivity contribution >= 4 is 12.3 Å². The topological polar surface area (TPSA) is 57.6 Å². The second-order valence-corrected chi connectivity index (χ2v) is 4.75. The molecule has 0 unspecified atom stereocenters. The van der Waals surface area contributed by atoms with Crippen molar-refractivity contribution in [2.75, 3.05) is 13.2 Å². The van der Waals surface area contributed by atoms with Crippen LogP contribution in [0.1, 0.15) is 41.0 Å². The summed E-state index contributed by atoms with van der Waals surface area (Å²) in [5.41, 5.74) is 0. The Morgan fingerprint density at radius 3 is 1.94 bits per heavy atom. The van der Waals surface area contributed by atoms with E-state index in [2.05, 4.69) is 20.8 Å². The number of rotatable bonds is 5. The zero-order valence-corrected chi connectivity index (χ0v) is 11.1. The SMILES string of the molecule is CC(C)C.CC(C)CC(=O)N(C=O)CCO. The van der Waals surface area contributed by atoms with E-state index in [-0.39, 0.29) is 25.0 Å². The predicted octanol–water partition coefficient (Wildman–Crippen LogP) is 1.67. The molecule has 0 aliphatic heterocycles. The van der Waals surface area contributed by atoms with E-state index in [0.29, 0.717) is 12.8 Å². The predicted molar refractivity (Wildman–Crippen MR) is 64.8 cm³/mol. The normalized spacial score (nSPS) is 9.75. The van der Waals surface area contributed by atoms with Crippen LogP contribution >= 0.6 is 0 Å². The van der Waals surface area contributed by atoms with Gasteiger partial charge in [0.1, 0.15) is 0 Å². The molecule has 96 valence electrons. The fourth-order valence-corrected chi connectivity index (χ4v) is 0.810. The van der Waals surface area contributed by atoms with E-state index in [1.165, 1.54) is 0 Å². The standard InChI is InChI=1S/C8H15NO3.C4H10/c1-7(2)5-8(12)9(6-11)3-4-10;1-4(2)3/h6-7,10H,3-5H2,1-2H3;4H,1-3H3. The molecule has 16 heavy (non-hydrogen) atoms. The second-order valence-electron chi connectivity index (χ2n) is 4.75. The molecular formula is C12H25NO3. The van der Waals surface area contributed by atoms with Crippen LogP contribution in [0.15, 0.2) is 0 Å². The quantitative estimate of drug-likeness (QED) is 0.732. The minimum Gasteiger partial charge on any atom is -0.395 e. The van der Waals surface area contributed by atoms with Crippen molar-refractivity contribution in [1.82, 2.24) is 4.90 Å². The van der Waals surface area contributed by atoms with Crippen LogP contribution in [-0.4, -0.2) is 35.5 Å². The highest BCUT2D eigenvalue weighted by atomic mass is 16.3. The van der Waals surface area contributed by atoms with E-state index in [4.69, 9.17) is 5.11 Å². The van der Waals surface area contributed by atoms with Crippen LogP contribution < -0.4 is 0 Å². The van der Waals surface area contributed by atoms with Gasteiger partial charge in [-0.15, -0.1) is 0 Å². The number of aliphatic hydroxyl groups is 1. The third-order valence-electron chi connectivity index (χ3n) is 1.37. The van der Waals surface area contributed by atoms with Crippen molar-refractivity contribution in [3.63, 3.8) is 0 Å². The molecule has 0 atom stereocenters. The Balaban J connectivity index is 0. The number of carbonyl (C=O) groups is 2. The summed E-state index contributed by atoms with van der Waals surface area (Å²) in [7, 11) is 0. The van der Waals surface area contributed by atoms with E-state index in [9.17, 15) is 9.59 Å². The van der Waals surface area contributed by atoms with Crippen LogP contribution in [0.5, 0.6) is 0 Å². The summed E-state index contributed by atoms with van der Waals surface area (Å²) in [4.78, 5) is 22.5. The van der Waals surface area contributed by atoms with Gasteiger partial charge in [-0.2, -0.15) is 0 Å². The van der Waals surface area contributed by atoms with Crippen molar-refractivity contribution in [3.8, 4) is 0 Å². The van der Waals surface area contributed by atoms with E-state index in [1.807, 2.05) is 13.8 Å². The Bertz CT molecular complexity index is 188. The van der Waals surface area contributed by atoms with Crippen molar-refractivity contribution in [1.29, 1.82) is 0 Å². The summed E-state index contributed by atoms with van der Waals surface area (Å²) in [6.07, 6.45) is 0.805. The van der Waals surface area contributed by atoms with Crippen LogP contribution in [0.2, 0.25) is 0 Å². The van der Waals surface area contributed by atoms with Crippen LogP contribution in [-0.2, 0) is 9.59 Å². The summed E-state index contributed by atoms with van der Waals surface area (Å²) in [6.45, 7) is 10.2. The van der Waals surface area contributed by atoms with Crippen molar-refractivity contribution < 1.29 is 14.7 Å². The zero-order chi connectivity index (χ0) is 13.1. The lowest BCUT2D eigenvalue weighted by atomic mass is 10.1. The number of imide groups is 1. The Kier molecular flexibility index (Phi) is 11.6. The van der Waals surface area contributed by atoms with Gasteiger partial charge in [0.05, 0.1) is 13.2 Å². The highest BCUT2D eigenvalue weighted by Gasteiger charge is 2.12. The molecule has 0 spiro atoms. The fraction of sp³-hybridized carbons (Fsp3) is 0.833. The third-order valence-corrected chi connectivity index (χ3v) is 1.37. The van der Waals surface area contributed by atoms with E-state index < -0.39 is 0 Å². The summed E-state index contributed by atoms with van der Waals surface area (Å²) >= 11 is 0. The van der Waals surface area contributed by atoms with Crippen LogP contribution in [0, 0.1) is 11.8 Å². The van der Waals surface area contributed by atoms with Crippen LogP contribution in [0.3, 0.4) is 0 Å². The zero-order valence-electron chi connectivity index (χ0n) is 11.1. The van der Waals surface area contributed by atoms with Crippen molar-refractivity contribution in [2.45, 2.75) is 41.0 Å². The number of nitrogens with zero attached hydrogens (tertiary/aromatic N) is 1. The summed E-state index contributed by atoms with van der Waals surface area (Å²) in [6, 6.07) is 0. The molecule has 0 radical (unpaired) electrons. The molecule has 2 amide bonds. The largest absolute Gasteiger partial charge is 0.395 e. The first kappa shape index (κ1) is 17.5. The van der Waals surface area contributed by atoms with Gasteiger partial charge in [-0.25, -0.2) is 0 Å². The molecule has 1 N–H and O–H groups in total. The van der Waals surface area contributed by atoms with Gasteiger partial charge in [0.15, 0.2) is 0 Å². The average Bonchev–Trinajstić information content (AvgIpc) is 2.11. The summed E-state index contributed by atoms with van der Waals surface area (Å²) in [5, 5.41) is 8.50. The van der Waals surface area contributed by atoms with Gasteiger partial charge in [0.25, 0.3) is 0 Å². The number of hydrogen-bond acceptors (Lipinski definition) is 3. The van der Waals surface area contributed by atoms with Crippen LogP contribution in [0.25, 0.3) is 0 Å². The smallest absolute Gasteiger partial charge is 0.229 e. The summed E-state index contributed by atoms with van der Waals surface area (Å²) in [5.74, 6) is 0.840. The molecule has 0 aliphatic rings. The van der Waals surface area contributed by atoms with Crippen LogP contribution in [0.4, 0.5) is 0 Å². The fourth-order valence-electron chi connectivity index (χ4n) is 0.810. The molecule has 0 saturated carbocycles. The maximum atomic E-state index is 11.2. The Hall–Kier alpha value is -0.900. The monoisotopic (exact) mass is 231 g/mol. The maximum Gasteiger partial charge on any atom is 0.229 e. The van der Waals surface area contributed by atoms with E-state index >= 15 is 0 Å². The molecular weight excluding hydrogens is 206 g/mol. The highest BCUT2D eigenvalue weighted by molar-refractivity contribution is 5.86. The molecule has 0 aromatic carbocycles. The van der Waals surface area contributed by atoms with Gasteiger partial charge < -0.3 is 5.11 Å². The molecule has 0 rings (SSSR count). The van der Waals surface area contributed by atoms with E-state index in [0.717, 1.165) is 10.8 Å². The van der Waals surface area contributed by atoms with Gasteiger partial charge in [-0.1, -0.05) is 34.6 Å². The Labute approximate surface area is 98.6 Å². The molecule has 0 bridgehead atoms. The number of amides is 2. The lowest BCUT2D eigenvalue weighted by molar-refractivity contribution is -0.139. The average molecular weight is 231 g/mol. The van der Waals surface area contributed by atoms with Gasteiger partial charge in [-0.05, 0) is 11.8 Å². The lowest BCUT2D eigenvalue weighted by Crippen LogP contribution is -2.32. The first-order valence-electron chi connectivity index (χ1n) is 5.70. The lowest BCUT2D eigenvalue weighted by Gasteiger charge is -2.14. The van der Waals surface area contributed by atoms with Crippen molar-refractivity contribution in [2.24, 2.45) is 11.8 Å². The first-order valence-corrected chi connectivity index (χ1v) is 5.70. The minimum atomic E-state index is -0.228. The van der Waals surface area contributed by atoms with Crippen molar-refractivity contribution in [3.05, 3.63) is 0 Å². The van der Waals surface area contributed by atoms with Gasteiger partial charge in [0, 0.05) is 6.42 Å². The Morgan fingerprint density at radius 1 is 1.25 bits per heavy atom. The molecule has 0 fully saturated rings. The van der Waals surface area contributed by atoms with Gasteiger partial charge >= 0.3 is 0 Å². The molecule has 4 heteroatoms. The van der Waals surface area contributed by atoms with Gasteiger partial charge in [0.2, 0.25) is 12.3 Å². The molecule has 0 saturated heterocycles. The molecule has 0 aromatic rings. The number of aliphatic hydroxyl groups excluding tert-OH is 1. The third kappa shape index (κ3) is 13.1. The molecule has 4 nitrogen and oxygen atoms in total. The summed E-state index contributed by atoms with van der Waals surface area (Å²) < 4.78 is 0. The van der Waals surface area contributed by atoms with E-state index in [1.54, 1.807) is 0 Å². The van der Waals surface area contributed by atoms with Gasteiger partial charge in [-0.3, -0.25) is 14.5 Å². The maximum absolute atomic E-state index is 11.2. The molecule has 0 aromatic heterocycles.